The molecule has 1 N–H and O–H groups in total. The van der Waals surface area contributed by atoms with Gasteiger partial charge in [-0.25, -0.2) is 22.0 Å². The molecule has 0 fully saturated rings. The number of thiophene rings is 1. The summed E-state index contributed by atoms with van der Waals surface area (Å²) in [5.41, 5.74) is -0.869. The number of nitrogens with zero attached hydrogens (tertiary/aromatic N) is 1. The molecule has 1 heterocycles. The fourth-order valence-corrected chi connectivity index (χ4v) is 3.27. The Labute approximate surface area is 137 Å². The topological polar surface area (TPSA) is 52.9 Å². The third kappa shape index (κ3) is 2.73. The van der Waals surface area contributed by atoms with Gasteiger partial charge in [-0.2, -0.15) is 5.26 Å². The van der Waals surface area contributed by atoms with Crippen LogP contribution in [0.3, 0.4) is 0 Å². The van der Waals surface area contributed by atoms with E-state index in [1.54, 1.807) is 13.8 Å². The summed E-state index contributed by atoms with van der Waals surface area (Å²) in [4.78, 5) is 12.7. The Kier molecular flexibility index (Phi) is 4.89. The number of halogens is 5. The average molecular weight is 360 g/mol. The van der Waals surface area contributed by atoms with Gasteiger partial charge < -0.3 is 5.32 Å². The first-order valence-corrected chi connectivity index (χ1v) is 7.41. The number of nitrogens with one attached hydrogen (secondary N) is 1. The fourth-order valence-electron chi connectivity index (χ4n) is 2.18. The Hall–Kier alpha value is -2.47. The van der Waals surface area contributed by atoms with Crippen LogP contribution < -0.4 is 5.32 Å². The second-order valence-corrected chi connectivity index (χ2v) is 5.93. The van der Waals surface area contributed by atoms with Gasteiger partial charge in [0, 0.05) is 4.88 Å². The van der Waals surface area contributed by atoms with E-state index in [1.807, 2.05) is 6.07 Å². The van der Waals surface area contributed by atoms with E-state index in [4.69, 9.17) is 5.26 Å². The lowest BCUT2D eigenvalue weighted by atomic mass is 10.1. The van der Waals surface area contributed by atoms with Crippen LogP contribution in [0.15, 0.2) is 0 Å². The standard InChI is InChI=1S/C15H9F5N2OS/c1-3-6-5(2)24-15(7(6)4-21)22-14(23)8-9(16)11(18)13(20)12(19)10(8)17/h3H2,1-2H3,(H,22,23). The highest BCUT2D eigenvalue weighted by Crippen LogP contribution is 2.33. The van der Waals surface area contributed by atoms with E-state index in [0.29, 0.717) is 16.9 Å². The van der Waals surface area contributed by atoms with Crippen LogP contribution >= 0.6 is 11.3 Å². The zero-order valence-electron chi connectivity index (χ0n) is 12.4. The summed E-state index contributed by atoms with van der Waals surface area (Å²) < 4.78 is 66.7. The van der Waals surface area contributed by atoms with Gasteiger partial charge in [0.1, 0.15) is 16.6 Å². The SMILES string of the molecule is CCc1c(C)sc(NC(=O)c2c(F)c(F)c(F)c(F)c2F)c1C#N. The van der Waals surface area contributed by atoms with Crippen molar-refractivity contribution in [2.24, 2.45) is 0 Å². The number of carbonyl (C=O) groups is 1. The summed E-state index contributed by atoms with van der Waals surface area (Å²) in [5.74, 6) is -12.8. The van der Waals surface area contributed by atoms with Gasteiger partial charge in [0.2, 0.25) is 5.82 Å². The molecule has 0 radical (unpaired) electrons. The second kappa shape index (κ2) is 6.57. The maximum Gasteiger partial charge on any atom is 0.262 e. The molecule has 24 heavy (non-hydrogen) atoms. The largest absolute Gasteiger partial charge is 0.312 e. The number of aryl methyl sites for hydroxylation is 1. The summed E-state index contributed by atoms with van der Waals surface area (Å²) in [6, 6.07) is 1.85. The van der Waals surface area contributed by atoms with E-state index in [-0.39, 0.29) is 10.6 Å². The summed E-state index contributed by atoms with van der Waals surface area (Å²) in [7, 11) is 0. The summed E-state index contributed by atoms with van der Waals surface area (Å²) in [5, 5.41) is 11.2. The highest BCUT2D eigenvalue weighted by Gasteiger charge is 2.30. The maximum atomic E-state index is 13.6. The number of hydrogen-bond acceptors (Lipinski definition) is 3. The molecule has 2 aromatic rings. The van der Waals surface area contributed by atoms with Gasteiger partial charge in [0.25, 0.3) is 5.91 Å². The summed E-state index contributed by atoms with van der Waals surface area (Å²) >= 11 is 0.975. The first-order valence-electron chi connectivity index (χ1n) is 6.59. The summed E-state index contributed by atoms with van der Waals surface area (Å²) in [6.45, 7) is 3.45. The molecule has 0 aliphatic carbocycles. The van der Waals surface area contributed by atoms with E-state index in [0.717, 1.165) is 11.3 Å². The molecule has 9 heteroatoms. The van der Waals surface area contributed by atoms with Gasteiger partial charge in [-0.05, 0) is 18.9 Å². The molecular formula is C15H9F5N2OS. The Morgan fingerprint density at radius 2 is 1.58 bits per heavy atom. The van der Waals surface area contributed by atoms with Crippen LogP contribution in [0, 0.1) is 47.3 Å². The molecule has 3 nitrogen and oxygen atoms in total. The van der Waals surface area contributed by atoms with Crippen molar-refractivity contribution in [2.45, 2.75) is 20.3 Å². The Morgan fingerprint density at radius 3 is 2.04 bits per heavy atom. The van der Waals surface area contributed by atoms with Crippen molar-refractivity contribution in [1.29, 1.82) is 5.26 Å². The van der Waals surface area contributed by atoms with E-state index in [9.17, 15) is 26.7 Å². The highest BCUT2D eigenvalue weighted by atomic mass is 32.1. The van der Waals surface area contributed by atoms with Crippen LogP contribution in [0.5, 0.6) is 0 Å². The fraction of sp³-hybridized carbons (Fsp3) is 0.200. The minimum atomic E-state index is -2.35. The molecule has 0 aliphatic rings. The molecule has 1 aromatic carbocycles. The zero-order chi connectivity index (χ0) is 18.2. The lowest BCUT2D eigenvalue weighted by Gasteiger charge is -2.08. The van der Waals surface area contributed by atoms with Crippen molar-refractivity contribution in [2.75, 3.05) is 5.32 Å². The molecule has 0 aliphatic heterocycles. The Bertz CT molecular complexity index is 856. The first-order chi connectivity index (χ1) is 11.2. The van der Waals surface area contributed by atoms with Gasteiger partial charge in [-0.3, -0.25) is 4.79 Å². The van der Waals surface area contributed by atoms with Gasteiger partial charge in [-0.1, -0.05) is 6.92 Å². The van der Waals surface area contributed by atoms with Crippen LogP contribution in [0.25, 0.3) is 0 Å². The number of benzene rings is 1. The minimum absolute atomic E-state index is 0.0132. The molecule has 1 aromatic heterocycles. The monoisotopic (exact) mass is 360 g/mol. The van der Waals surface area contributed by atoms with Crippen LogP contribution in [-0.2, 0) is 6.42 Å². The van der Waals surface area contributed by atoms with Gasteiger partial charge >= 0.3 is 0 Å². The van der Waals surface area contributed by atoms with Crippen molar-refractivity contribution in [1.82, 2.24) is 0 Å². The predicted molar refractivity (Wildman–Crippen MR) is 77.3 cm³/mol. The minimum Gasteiger partial charge on any atom is -0.312 e. The molecular weight excluding hydrogens is 351 g/mol. The third-order valence-corrected chi connectivity index (χ3v) is 4.40. The number of carbonyl (C=O) groups excluding carboxylic acids is 1. The lowest BCUT2D eigenvalue weighted by Crippen LogP contribution is -2.19. The molecule has 0 saturated heterocycles. The molecule has 0 atom stereocenters. The number of nitriles is 1. The predicted octanol–water partition coefficient (Wildman–Crippen LogP) is 4.44. The number of hydrogen-bond donors (Lipinski definition) is 1. The quantitative estimate of drug-likeness (QED) is 0.500. The molecule has 126 valence electrons. The van der Waals surface area contributed by atoms with Gasteiger partial charge in [-0.15, -0.1) is 11.3 Å². The van der Waals surface area contributed by atoms with Crippen molar-refractivity contribution in [3.63, 3.8) is 0 Å². The Balaban J connectivity index is 2.52. The average Bonchev–Trinajstić information content (AvgIpc) is 2.85. The normalized spacial score (nSPS) is 10.6. The van der Waals surface area contributed by atoms with Crippen molar-refractivity contribution < 1.29 is 26.7 Å². The molecule has 0 bridgehead atoms. The van der Waals surface area contributed by atoms with Crippen LogP contribution in [-0.4, -0.2) is 5.91 Å². The van der Waals surface area contributed by atoms with Crippen LogP contribution in [0.1, 0.15) is 33.3 Å². The van der Waals surface area contributed by atoms with E-state index >= 15 is 0 Å². The number of rotatable bonds is 3. The highest BCUT2D eigenvalue weighted by molar-refractivity contribution is 7.16. The second-order valence-electron chi connectivity index (χ2n) is 4.71. The van der Waals surface area contributed by atoms with Crippen LogP contribution in [0.4, 0.5) is 27.0 Å². The van der Waals surface area contributed by atoms with Gasteiger partial charge in [0.15, 0.2) is 23.3 Å². The smallest absolute Gasteiger partial charge is 0.262 e. The van der Waals surface area contributed by atoms with E-state index in [2.05, 4.69) is 5.32 Å². The third-order valence-electron chi connectivity index (χ3n) is 3.34. The van der Waals surface area contributed by atoms with Crippen molar-refractivity contribution in [3.8, 4) is 6.07 Å². The maximum absolute atomic E-state index is 13.6. The lowest BCUT2D eigenvalue weighted by molar-refractivity contribution is 0.101. The van der Waals surface area contributed by atoms with E-state index in [1.165, 1.54) is 0 Å². The zero-order valence-corrected chi connectivity index (χ0v) is 13.2. The summed E-state index contributed by atoms with van der Waals surface area (Å²) in [6.07, 6.45) is 0.476. The molecule has 0 unspecified atom stereocenters. The molecule has 0 spiro atoms. The molecule has 2 rings (SSSR count). The number of anilines is 1. The van der Waals surface area contributed by atoms with Crippen molar-refractivity contribution >= 4 is 22.2 Å². The molecule has 1 amide bonds. The number of amides is 1. The Morgan fingerprint density at radius 1 is 1.08 bits per heavy atom. The molecule has 0 saturated carbocycles. The van der Waals surface area contributed by atoms with Crippen LogP contribution in [0.2, 0.25) is 0 Å². The van der Waals surface area contributed by atoms with E-state index < -0.39 is 40.6 Å². The first kappa shape index (κ1) is 17.9. The van der Waals surface area contributed by atoms with Gasteiger partial charge in [0.05, 0.1) is 5.56 Å². The van der Waals surface area contributed by atoms with Crippen molar-refractivity contribution in [3.05, 3.63) is 50.7 Å².